The SMILES string of the molecule is CN=C(NCC(C)CN1CCN(C)CC1)N(C)CCOc1ccc(Cl)cc1. The first kappa shape index (κ1) is 21.8. The van der Waals surface area contributed by atoms with E-state index in [4.69, 9.17) is 16.3 Å². The van der Waals surface area contributed by atoms with E-state index in [-0.39, 0.29) is 0 Å². The summed E-state index contributed by atoms with van der Waals surface area (Å²) in [7, 11) is 6.05. The zero-order valence-corrected chi connectivity index (χ0v) is 17.9. The van der Waals surface area contributed by atoms with Crippen LogP contribution < -0.4 is 10.1 Å². The molecule has 0 amide bonds. The molecule has 0 aliphatic carbocycles. The topological polar surface area (TPSA) is 43.3 Å². The van der Waals surface area contributed by atoms with Gasteiger partial charge in [0.15, 0.2) is 5.96 Å². The van der Waals surface area contributed by atoms with Gasteiger partial charge in [0.05, 0.1) is 6.54 Å². The summed E-state index contributed by atoms with van der Waals surface area (Å²) in [5.41, 5.74) is 0. The van der Waals surface area contributed by atoms with Crippen LogP contribution in [0.5, 0.6) is 5.75 Å². The predicted octanol–water partition coefficient (Wildman–Crippen LogP) is 2.11. The first-order chi connectivity index (χ1) is 13.0. The normalized spacial score (nSPS) is 17.6. The first-order valence-corrected chi connectivity index (χ1v) is 10.1. The lowest BCUT2D eigenvalue weighted by molar-refractivity contribution is 0.139. The van der Waals surface area contributed by atoms with E-state index in [1.807, 2.05) is 38.4 Å². The zero-order chi connectivity index (χ0) is 19.6. The molecular formula is C20H34ClN5O. The minimum Gasteiger partial charge on any atom is -0.492 e. The standard InChI is InChI=1S/C20H34ClN5O/c1-17(16-26-11-9-24(3)10-12-26)15-23-20(22-2)25(4)13-14-27-19-7-5-18(21)6-8-19/h5-8,17H,9-16H2,1-4H3,(H,22,23). The smallest absolute Gasteiger partial charge is 0.193 e. The van der Waals surface area contributed by atoms with E-state index in [0.717, 1.165) is 62.5 Å². The lowest BCUT2D eigenvalue weighted by Gasteiger charge is -2.34. The maximum Gasteiger partial charge on any atom is 0.193 e. The molecule has 1 aromatic carbocycles. The van der Waals surface area contributed by atoms with Gasteiger partial charge in [0.2, 0.25) is 0 Å². The number of hydrogen-bond acceptors (Lipinski definition) is 4. The molecule has 1 heterocycles. The van der Waals surface area contributed by atoms with Gasteiger partial charge in [-0.1, -0.05) is 18.5 Å². The van der Waals surface area contributed by atoms with Crippen molar-refractivity contribution in [1.29, 1.82) is 0 Å². The van der Waals surface area contributed by atoms with Crippen molar-refractivity contribution in [2.75, 3.05) is 73.6 Å². The summed E-state index contributed by atoms with van der Waals surface area (Å²) in [6.07, 6.45) is 0. The molecule has 1 saturated heterocycles. The van der Waals surface area contributed by atoms with Crippen molar-refractivity contribution in [3.63, 3.8) is 0 Å². The predicted molar refractivity (Wildman–Crippen MR) is 114 cm³/mol. The number of piperazine rings is 1. The van der Waals surface area contributed by atoms with Gasteiger partial charge in [-0.15, -0.1) is 0 Å². The Labute approximate surface area is 169 Å². The van der Waals surface area contributed by atoms with Gasteiger partial charge in [-0.2, -0.15) is 0 Å². The third kappa shape index (κ3) is 7.95. The van der Waals surface area contributed by atoms with Crippen LogP contribution in [0.4, 0.5) is 0 Å². The molecule has 2 rings (SSSR count). The summed E-state index contributed by atoms with van der Waals surface area (Å²) in [6.45, 7) is 10.3. The maximum atomic E-state index is 5.89. The summed E-state index contributed by atoms with van der Waals surface area (Å²) >= 11 is 5.89. The van der Waals surface area contributed by atoms with Gasteiger partial charge in [-0.3, -0.25) is 4.99 Å². The second kappa shape index (κ2) is 11.4. The first-order valence-electron chi connectivity index (χ1n) is 9.69. The molecule has 0 saturated carbocycles. The van der Waals surface area contributed by atoms with Crippen LogP contribution in [-0.4, -0.2) is 94.2 Å². The Hall–Kier alpha value is -1.50. The van der Waals surface area contributed by atoms with Crippen molar-refractivity contribution >= 4 is 17.6 Å². The third-order valence-corrected chi connectivity index (χ3v) is 5.11. The number of likely N-dealkylation sites (N-methyl/N-ethyl adjacent to an activating group) is 2. The van der Waals surface area contributed by atoms with Gasteiger partial charge < -0.3 is 24.8 Å². The molecule has 27 heavy (non-hydrogen) atoms. The van der Waals surface area contributed by atoms with Crippen molar-refractivity contribution in [2.45, 2.75) is 6.92 Å². The minimum atomic E-state index is 0.573. The highest BCUT2D eigenvalue weighted by Gasteiger charge is 2.16. The molecule has 1 N–H and O–H groups in total. The molecule has 6 nitrogen and oxygen atoms in total. The van der Waals surface area contributed by atoms with E-state index in [0.29, 0.717) is 12.5 Å². The monoisotopic (exact) mass is 395 g/mol. The molecule has 0 spiro atoms. The summed E-state index contributed by atoms with van der Waals surface area (Å²) < 4.78 is 5.77. The summed E-state index contributed by atoms with van der Waals surface area (Å²) in [4.78, 5) is 11.4. The molecule has 0 bridgehead atoms. The van der Waals surface area contributed by atoms with Crippen LogP contribution >= 0.6 is 11.6 Å². The third-order valence-electron chi connectivity index (χ3n) is 4.86. The van der Waals surface area contributed by atoms with E-state index >= 15 is 0 Å². The number of aliphatic imine (C=N–C) groups is 1. The highest BCUT2D eigenvalue weighted by Crippen LogP contribution is 2.15. The van der Waals surface area contributed by atoms with Crippen LogP contribution in [0.15, 0.2) is 29.3 Å². The van der Waals surface area contributed by atoms with Crippen molar-refractivity contribution in [2.24, 2.45) is 10.9 Å². The summed E-state index contributed by atoms with van der Waals surface area (Å²) in [5, 5.41) is 4.21. The lowest BCUT2D eigenvalue weighted by atomic mass is 10.1. The summed E-state index contributed by atoms with van der Waals surface area (Å²) in [5.74, 6) is 2.31. The number of halogens is 1. The van der Waals surface area contributed by atoms with Crippen molar-refractivity contribution in [3.8, 4) is 5.75 Å². The molecule has 152 valence electrons. The number of ether oxygens (including phenoxy) is 1. The molecule has 0 aromatic heterocycles. The summed E-state index contributed by atoms with van der Waals surface area (Å²) in [6, 6.07) is 7.44. The Kier molecular flexibility index (Phi) is 9.18. The highest BCUT2D eigenvalue weighted by molar-refractivity contribution is 6.30. The van der Waals surface area contributed by atoms with Crippen LogP contribution in [-0.2, 0) is 0 Å². The second-order valence-electron chi connectivity index (χ2n) is 7.36. The number of nitrogens with one attached hydrogen (secondary N) is 1. The van der Waals surface area contributed by atoms with Gasteiger partial charge >= 0.3 is 0 Å². The molecule has 1 aliphatic heterocycles. The number of hydrogen-bond donors (Lipinski definition) is 1. The molecule has 1 fully saturated rings. The van der Waals surface area contributed by atoms with Gasteiger partial charge in [-0.25, -0.2) is 0 Å². The molecule has 0 radical (unpaired) electrons. The largest absolute Gasteiger partial charge is 0.492 e. The lowest BCUT2D eigenvalue weighted by Crippen LogP contribution is -2.48. The molecule has 1 unspecified atom stereocenters. The fourth-order valence-electron chi connectivity index (χ4n) is 3.12. The number of rotatable bonds is 8. The second-order valence-corrected chi connectivity index (χ2v) is 7.80. The molecular weight excluding hydrogens is 362 g/mol. The average molecular weight is 396 g/mol. The van der Waals surface area contributed by atoms with Gasteiger partial charge in [0.25, 0.3) is 0 Å². The Bertz CT molecular complexity index is 572. The van der Waals surface area contributed by atoms with Crippen LogP contribution in [0.2, 0.25) is 5.02 Å². The molecule has 7 heteroatoms. The van der Waals surface area contributed by atoms with Crippen LogP contribution in [0.3, 0.4) is 0 Å². The van der Waals surface area contributed by atoms with Gasteiger partial charge in [-0.05, 0) is 37.2 Å². The Morgan fingerprint density at radius 3 is 2.56 bits per heavy atom. The quantitative estimate of drug-likeness (QED) is 0.539. The molecule has 1 aliphatic rings. The van der Waals surface area contributed by atoms with Crippen LogP contribution in [0, 0.1) is 5.92 Å². The number of nitrogens with zero attached hydrogens (tertiary/aromatic N) is 4. The van der Waals surface area contributed by atoms with Crippen molar-refractivity contribution in [1.82, 2.24) is 20.0 Å². The Balaban J connectivity index is 1.66. The Morgan fingerprint density at radius 2 is 1.93 bits per heavy atom. The van der Waals surface area contributed by atoms with Crippen LogP contribution in [0.1, 0.15) is 6.92 Å². The van der Waals surface area contributed by atoms with E-state index in [2.05, 4.69) is 39.0 Å². The Morgan fingerprint density at radius 1 is 1.26 bits per heavy atom. The van der Waals surface area contributed by atoms with Gasteiger partial charge in [0, 0.05) is 58.4 Å². The van der Waals surface area contributed by atoms with Crippen LogP contribution in [0.25, 0.3) is 0 Å². The maximum absolute atomic E-state index is 5.89. The van der Waals surface area contributed by atoms with Crippen molar-refractivity contribution < 1.29 is 4.74 Å². The molecule has 1 aromatic rings. The number of benzene rings is 1. The van der Waals surface area contributed by atoms with E-state index in [9.17, 15) is 0 Å². The van der Waals surface area contributed by atoms with E-state index < -0.39 is 0 Å². The average Bonchev–Trinajstić information content (AvgIpc) is 2.66. The fraction of sp³-hybridized carbons (Fsp3) is 0.650. The highest BCUT2D eigenvalue weighted by atomic mass is 35.5. The molecule has 1 atom stereocenters. The fourth-order valence-corrected chi connectivity index (χ4v) is 3.25. The number of guanidine groups is 1. The van der Waals surface area contributed by atoms with Gasteiger partial charge in [0.1, 0.15) is 12.4 Å². The van der Waals surface area contributed by atoms with E-state index in [1.165, 1.54) is 0 Å². The zero-order valence-electron chi connectivity index (χ0n) is 17.1. The minimum absolute atomic E-state index is 0.573. The van der Waals surface area contributed by atoms with Crippen molar-refractivity contribution in [3.05, 3.63) is 29.3 Å². The van der Waals surface area contributed by atoms with E-state index in [1.54, 1.807) is 0 Å².